The smallest absolute Gasteiger partial charge is 0.279 e. The number of piperidine rings is 1. The molecule has 1 heterocycles. The summed E-state index contributed by atoms with van der Waals surface area (Å²) >= 11 is 0. The SMILES string of the molecule is CC1CCCN(S(=O)(=O)NC(C)C(C)CO)C1. The first-order valence-corrected chi connectivity index (χ1v) is 7.69. The molecule has 6 heteroatoms. The van der Waals surface area contributed by atoms with Gasteiger partial charge >= 0.3 is 0 Å². The quantitative estimate of drug-likeness (QED) is 0.763. The largest absolute Gasteiger partial charge is 0.396 e. The fraction of sp³-hybridized carbons (Fsp3) is 1.00. The van der Waals surface area contributed by atoms with E-state index in [-0.39, 0.29) is 18.6 Å². The molecule has 0 amide bonds. The van der Waals surface area contributed by atoms with Crippen molar-refractivity contribution in [1.82, 2.24) is 9.03 Å². The molecule has 1 rings (SSSR count). The Bertz CT molecular complexity index is 332. The van der Waals surface area contributed by atoms with Crippen LogP contribution in [0.15, 0.2) is 0 Å². The summed E-state index contributed by atoms with van der Waals surface area (Å²) < 4.78 is 28.3. The third-order valence-electron chi connectivity index (χ3n) is 3.44. The molecule has 0 aromatic rings. The monoisotopic (exact) mass is 264 g/mol. The summed E-state index contributed by atoms with van der Waals surface area (Å²) in [5, 5.41) is 9.01. The van der Waals surface area contributed by atoms with Crippen molar-refractivity contribution < 1.29 is 13.5 Å². The molecule has 102 valence electrons. The molecule has 2 N–H and O–H groups in total. The Labute approximate surface area is 104 Å². The highest BCUT2D eigenvalue weighted by Crippen LogP contribution is 2.18. The Kier molecular flexibility index (Phi) is 5.37. The average molecular weight is 264 g/mol. The zero-order chi connectivity index (χ0) is 13.1. The summed E-state index contributed by atoms with van der Waals surface area (Å²) in [5.41, 5.74) is 0. The fourth-order valence-corrected chi connectivity index (χ4v) is 3.62. The third-order valence-corrected chi connectivity index (χ3v) is 5.12. The van der Waals surface area contributed by atoms with E-state index >= 15 is 0 Å². The molecule has 5 nitrogen and oxygen atoms in total. The second-order valence-corrected chi connectivity index (χ2v) is 6.88. The molecule has 17 heavy (non-hydrogen) atoms. The molecule has 3 atom stereocenters. The summed E-state index contributed by atoms with van der Waals surface area (Å²) in [7, 11) is -3.40. The first-order chi connectivity index (χ1) is 7.86. The Balaban J connectivity index is 2.61. The molecule has 1 aliphatic heterocycles. The summed E-state index contributed by atoms with van der Waals surface area (Å²) in [4.78, 5) is 0. The maximum absolute atomic E-state index is 12.1. The van der Waals surface area contributed by atoms with Crippen LogP contribution < -0.4 is 4.72 Å². The lowest BCUT2D eigenvalue weighted by Gasteiger charge is -2.31. The van der Waals surface area contributed by atoms with Crippen molar-refractivity contribution >= 4 is 10.2 Å². The van der Waals surface area contributed by atoms with Crippen LogP contribution in [0, 0.1) is 11.8 Å². The number of hydrogen-bond acceptors (Lipinski definition) is 3. The minimum absolute atomic E-state index is 0.0138. The van der Waals surface area contributed by atoms with Gasteiger partial charge in [-0.05, 0) is 31.6 Å². The second kappa shape index (κ2) is 6.13. The standard InChI is InChI=1S/C11H24N2O3S/c1-9-5-4-6-13(7-9)17(15,16)12-11(3)10(2)8-14/h9-12,14H,4-8H2,1-3H3. The van der Waals surface area contributed by atoms with Gasteiger partial charge in [0, 0.05) is 25.7 Å². The number of nitrogens with one attached hydrogen (secondary N) is 1. The highest BCUT2D eigenvalue weighted by molar-refractivity contribution is 7.87. The van der Waals surface area contributed by atoms with Gasteiger partial charge in [-0.25, -0.2) is 0 Å². The van der Waals surface area contributed by atoms with Gasteiger partial charge in [0.05, 0.1) is 0 Å². The first kappa shape index (κ1) is 14.9. The van der Waals surface area contributed by atoms with Crippen LogP contribution in [-0.4, -0.2) is 43.6 Å². The van der Waals surface area contributed by atoms with Gasteiger partial charge in [-0.2, -0.15) is 17.4 Å². The minimum Gasteiger partial charge on any atom is -0.396 e. The summed E-state index contributed by atoms with van der Waals surface area (Å²) in [6.07, 6.45) is 2.01. The van der Waals surface area contributed by atoms with Crippen LogP contribution in [0.25, 0.3) is 0 Å². The zero-order valence-corrected chi connectivity index (χ0v) is 11.7. The molecule has 1 saturated heterocycles. The van der Waals surface area contributed by atoms with Crippen LogP contribution >= 0.6 is 0 Å². The highest BCUT2D eigenvalue weighted by Gasteiger charge is 2.29. The van der Waals surface area contributed by atoms with E-state index in [2.05, 4.69) is 11.6 Å². The molecule has 0 aromatic heterocycles. The molecule has 0 aliphatic carbocycles. The first-order valence-electron chi connectivity index (χ1n) is 6.25. The third kappa shape index (κ3) is 4.21. The summed E-state index contributed by atoms with van der Waals surface area (Å²) in [5.74, 6) is 0.345. The van der Waals surface area contributed by atoms with Crippen molar-refractivity contribution in [2.24, 2.45) is 11.8 Å². The van der Waals surface area contributed by atoms with E-state index in [0.29, 0.717) is 19.0 Å². The lowest BCUT2D eigenvalue weighted by molar-refractivity contribution is 0.213. The van der Waals surface area contributed by atoms with Gasteiger partial charge in [0.25, 0.3) is 10.2 Å². The summed E-state index contributed by atoms with van der Waals surface area (Å²) in [6, 6.07) is -0.248. The lowest BCUT2D eigenvalue weighted by atomic mass is 10.0. The number of aliphatic hydroxyl groups is 1. The van der Waals surface area contributed by atoms with Gasteiger partial charge in [0.1, 0.15) is 0 Å². The molecule has 1 aliphatic rings. The van der Waals surface area contributed by atoms with Crippen molar-refractivity contribution in [3.8, 4) is 0 Å². The van der Waals surface area contributed by atoms with E-state index in [1.54, 1.807) is 6.92 Å². The predicted molar refractivity (Wildman–Crippen MR) is 67.7 cm³/mol. The zero-order valence-electron chi connectivity index (χ0n) is 10.9. The van der Waals surface area contributed by atoms with E-state index in [0.717, 1.165) is 12.8 Å². The molecular weight excluding hydrogens is 240 g/mol. The van der Waals surface area contributed by atoms with E-state index in [1.165, 1.54) is 4.31 Å². The Morgan fingerprint density at radius 2 is 2.12 bits per heavy atom. The van der Waals surface area contributed by atoms with Crippen LogP contribution in [0.2, 0.25) is 0 Å². The number of rotatable bonds is 5. The van der Waals surface area contributed by atoms with Crippen LogP contribution in [0.3, 0.4) is 0 Å². The van der Waals surface area contributed by atoms with Crippen LogP contribution in [0.5, 0.6) is 0 Å². The average Bonchev–Trinajstić information content (AvgIpc) is 2.27. The Morgan fingerprint density at radius 1 is 1.47 bits per heavy atom. The summed E-state index contributed by atoms with van der Waals surface area (Å²) in [6.45, 7) is 6.86. The fourth-order valence-electron chi connectivity index (χ4n) is 1.95. The van der Waals surface area contributed by atoms with Crippen molar-refractivity contribution in [3.05, 3.63) is 0 Å². The van der Waals surface area contributed by atoms with E-state index < -0.39 is 10.2 Å². The van der Waals surface area contributed by atoms with Gasteiger partial charge < -0.3 is 5.11 Å². The Hall–Kier alpha value is -0.170. The van der Waals surface area contributed by atoms with E-state index in [9.17, 15) is 8.42 Å². The maximum Gasteiger partial charge on any atom is 0.279 e. The van der Waals surface area contributed by atoms with Gasteiger partial charge in [-0.1, -0.05) is 13.8 Å². The highest BCUT2D eigenvalue weighted by atomic mass is 32.2. The molecule has 3 unspecified atom stereocenters. The van der Waals surface area contributed by atoms with Crippen LogP contribution in [0.1, 0.15) is 33.6 Å². The maximum atomic E-state index is 12.1. The number of aliphatic hydroxyl groups excluding tert-OH is 1. The molecule has 0 bridgehead atoms. The molecule has 1 fully saturated rings. The topological polar surface area (TPSA) is 69.6 Å². The second-order valence-electron chi connectivity index (χ2n) is 5.18. The Morgan fingerprint density at radius 3 is 2.65 bits per heavy atom. The molecule has 0 spiro atoms. The van der Waals surface area contributed by atoms with Gasteiger partial charge in [-0.15, -0.1) is 0 Å². The lowest BCUT2D eigenvalue weighted by Crippen LogP contribution is -2.49. The molecular formula is C11H24N2O3S. The van der Waals surface area contributed by atoms with Crippen molar-refractivity contribution in [2.45, 2.75) is 39.7 Å². The van der Waals surface area contributed by atoms with E-state index in [4.69, 9.17) is 5.11 Å². The van der Waals surface area contributed by atoms with Crippen LogP contribution in [-0.2, 0) is 10.2 Å². The van der Waals surface area contributed by atoms with Gasteiger partial charge in [0.15, 0.2) is 0 Å². The normalized spacial score (nSPS) is 26.7. The van der Waals surface area contributed by atoms with Crippen molar-refractivity contribution in [3.63, 3.8) is 0 Å². The molecule has 0 aromatic carbocycles. The predicted octanol–water partition coefficient (Wildman–Crippen LogP) is 0.570. The van der Waals surface area contributed by atoms with E-state index in [1.807, 2.05) is 6.92 Å². The van der Waals surface area contributed by atoms with Crippen LogP contribution in [0.4, 0.5) is 0 Å². The van der Waals surface area contributed by atoms with Gasteiger partial charge in [-0.3, -0.25) is 0 Å². The van der Waals surface area contributed by atoms with Gasteiger partial charge in [0.2, 0.25) is 0 Å². The van der Waals surface area contributed by atoms with Crippen molar-refractivity contribution in [1.29, 1.82) is 0 Å². The molecule has 0 saturated carbocycles. The minimum atomic E-state index is -3.40. The number of nitrogens with zero attached hydrogens (tertiary/aromatic N) is 1. The molecule has 0 radical (unpaired) electrons. The number of hydrogen-bond donors (Lipinski definition) is 2. The van der Waals surface area contributed by atoms with Crippen molar-refractivity contribution in [2.75, 3.05) is 19.7 Å².